The fraction of sp³-hybridized carbons (Fsp3) is 1.00. The third-order valence-corrected chi connectivity index (χ3v) is 2.72. The molecular formula is C11H23NO. The van der Waals surface area contributed by atoms with Crippen LogP contribution in [0.2, 0.25) is 0 Å². The summed E-state index contributed by atoms with van der Waals surface area (Å²) in [6.07, 6.45) is 2.80. The van der Waals surface area contributed by atoms with Gasteiger partial charge in [0, 0.05) is 0 Å². The van der Waals surface area contributed by atoms with Gasteiger partial charge in [0.15, 0.2) is 0 Å². The van der Waals surface area contributed by atoms with Gasteiger partial charge in [0.2, 0.25) is 0 Å². The summed E-state index contributed by atoms with van der Waals surface area (Å²) in [4.78, 5) is 0. The van der Waals surface area contributed by atoms with E-state index in [2.05, 4.69) is 27.7 Å². The van der Waals surface area contributed by atoms with Crippen LogP contribution in [0.25, 0.3) is 0 Å². The lowest BCUT2D eigenvalue weighted by molar-refractivity contribution is -0.0654. The highest BCUT2D eigenvalue weighted by Gasteiger charge is 2.32. The summed E-state index contributed by atoms with van der Waals surface area (Å²) in [7, 11) is 0. The first-order chi connectivity index (χ1) is 6.02. The van der Waals surface area contributed by atoms with Crippen LogP contribution in [-0.4, -0.2) is 12.3 Å². The Hall–Kier alpha value is -0.0800. The molecule has 0 bridgehead atoms. The molecular weight excluding hydrogens is 162 g/mol. The molecule has 1 atom stereocenters. The van der Waals surface area contributed by atoms with E-state index in [9.17, 15) is 0 Å². The molecule has 0 heterocycles. The Kier molecular flexibility index (Phi) is 3.74. The zero-order chi connectivity index (χ0) is 10.0. The maximum absolute atomic E-state index is 5.93. The van der Waals surface area contributed by atoms with E-state index in [4.69, 9.17) is 10.5 Å². The van der Waals surface area contributed by atoms with Crippen molar-refractivity contribution in [2.75, 3.05) is 0 Å². The quantitative estimate of drug-likeness (QED) is 0.667. The fourth-order valence-electron chi connectivity index (χ4n) is 1.80. The van der Waals surface area contributed by atoms with Gasteiger partial charge in [0.05, 0.1) is 6.10 Å². The third kappa shape index (κ3) is 3.28. The van der Waals surface area contributed by atoms with Crippen LogP contribution in [0.3, 0.4) is 0 Å². The molecule has 1 unspecified atom stereocenters. The summed E-state index contributed by atoms with van der Waals surface area (Å²) in [5, 5.41) is 0. The van der Waals surface area contributed by atoms with Gasteiger partial charge >= 0.3 is 0 Å². The minimum Gasteiger partial charge on any atom is -0.360 e. The highest BCUT2D eigenvalue weighted by molar-refractivity contribution is 4.80. The lowest BCUT2D eigenvalue weighted by Crippen LogP contribution is -2.36. The van der Waals surface area contributed by atoms with E-state index in [-0.39, 0.29) is 6.23 Å². The second kappa shape index (κ2) is 4.43. The van der Waals surface area contributed by atoms with E-state index in [1.807, 2.05) is 0 Å². The molecule has 0 aromatic heterocycles. The van der Waals surface area contributed by atoms with Crippen molar-refractivity contribution >= 4 is 0 Å². The molecule has 0 saturated heterocycles. The second-order valence-corrected chi connectivity index (χ2v) is 4.89. The Labute approximate surface area is 81.8 Å². The van der Waals surface area contributed by atoms with Crippen LogP contribution in [0, 0.1) is 17.8 Å². The van der Waals surface area contributed by atoms with Crippen LogP contribution in [0.4, 0.5) is 0 Å². The van der Waals surface area contributed by atoms with Crippen molar-refractivity contribution in [1.29, 1.82) is 0 Å². The molecule has 0 radical (unpaired) electrons. The molecule has 2 heteroatoms. The first-order valence-corrected chi connectivity index (χ1v) is 5.43. The first kappa shape index (κ1) is 11.0. The van der Waals surface area contributed by atoms with Gasteiger partial charge in [-0.05, 0) is 30.6 Å². The van der Waals surface area contributed by atoms with E-state index < -0.39 is 0 Å². The molecule has 13 heavy (non-hydrogen) atoms. The zero-order valence-electron chi connectivity index (χ0n) is 9.29. The van der Waals surface area contributed by atoms with Gasteiger partial charge in [-0.15, -0.1) is 0 Å². The average Bonchev–Trinajstić information content (AvgIpc) is 2.80. The fourth-order valence-corrected chi connectivity index (χ4v) is 1.80. The van der Waals surface area contributed by atoms with Crippen LogP contribution in [0.15, 0.2) is 0 Å². The number of rotatable bonds is 5. The molecule has 1 rings (SSSR count). The normalized spacial score (nSPS) is 20.3. The Balaban J connectivity index is 2.36. The van der Waals surface area contributed by atoms with Gasteiger partial charge < -0.3 is 10.5 Å². The second-order valence-electron chi connectivity index (χ2n) is 4.89. The molecule has 0 amide bonds. The first-order valence-electron chi connectivity index (χ1n) is 5.43. The van der Waals surface area contributed by atoms with Gasteiger partial charge in [-0.25, -0.2) is 0 Å². The minimum atomic E-state index is -0.0187. The van der Waals surface area contributed by atoms with E-state index >= 15 is 0 Å². The Morgan fingerprint density at radius 1 is 1.08 bits per heavy atom. The number of nitrogens with two attached hydrogens (primary N) is 1. The van der Waals surface area contributed by atoms with Crippen LogP contribution >= 0.6 is 0 Å². The molecule has 0 spiro atoms. The summed E-state index contributed by atoms with van der Waals surface area (Å²) >= 11 is 0. The molecule has 0 aromatic carbocycles. The lowest BCUT2D eigenvalue weighted by Gasteiger charge is -2.28. The molecule has 1 aliphatic carbocycles. The smallest absolute Gasteiger partial charge is 0.108 e. The largest absolute Gasteiger partial charge is 0.360 e. The number of hydrogen-bond donors (Lipinski definition) is 1. The van der Waals surface area contributed by atoms with E-state index in [1.165, 1.54) is 12.8 Å². The standard InChI is InChI=1S/C11H23NO/c1-7(2)10(8(3)4)13-11(12)9-5-6-9/h7-11H,5-6,12H2,1-4H3. The molecule has 0 aromatic rings. The van der Waals surface area contributed by atoms with Crippen molar-refractivity contribution < 1.29 is 4.74 Å². The summed E-state index contributed by atoms with van der Waals surface area (Å²) in [5.74, 6) is 1.76. The van der Waals surface area contributed by atoms with Gasteiger partial charge in [0.1, 0.15) is 6.23 Å². The summed E-state index contributed by atoms with van der Waals surface area (Å²) < 4.78 is 5.88. The van der Waals surface area contributed by atoms with Gasteiger partial charge in [-0.3, -0.25) is 0 Å². The monoisotopic (exact) mass is 185 g/mol. The maximum Gasteiger partial charge on any atom is 0.108 e. The summed E-state index contributed by atoms with van der Waals surface area (Å²) in [6.45, 7) is 8.79. The van der Waals surface area contributed by atoms with Crippen molar-refractivity contribution in [3.63, 3.8) is 0 Å². The van der Waals surface area contributed by atoms with E-state index in [1.54, 1.807) is 0 Å². The molecule has 0 aliphatic heterocycles. The maximum atomic E-state index is 5.93. The predicted molar refractivity (Wildman–Crippen MR) is 55.2 cm³/mol. The summed E-state index contributed by atoms with van der Waals surface area (Å²) in [6, 6.07) is 0. The van der Waals surface area contributed by atoms with E-state index in [0.717, 1.165) is 0 Å². The highest BCUT2D eigenvalue weighted by Crippen LogP contribution is 2.33. The van der Waals surface area contributed by atoms with Gasteiger partial charge in [-0.1, -0.05) is 27.7 Å². The van der Waals surface area contributed by atoms with Crippen molar-refractivity contribution in [3.8, 4) is 0 Å². The molecule has 2 N–H and O–H groups in total. The average molecular weight is 185 g/mol. The Bertz CT molecular complexity index is 144. The van der Waals surface area contributed by atoms with Crippen molar-refractivity contribution in [1.82, 2.24) is 0 Å². The van der Waals surface area contributed by atoms with Crippen LogP contribution in [-0.2, 0) is 4.74 Å². The number of hydrogen-bond acceptors (Lipinski definition) is 2. The predicted octanol–water partition coefficient (Wildman–Crippen LogP) is 2.38. The van der Waals surface area contributed by atoms with Gasteiger partial charge in [-0.2, -0.15) is 0 Å². The van der Waals surface area contributed by atoms with E-state index in [0.29, 0.717) is 23.9 Å². The Morgan fingerprint density at radius 3 is 1.85 bits per heavy atom. The minimum absolute atomic E-state index is 0.0187. The van der Waals surface area contributed by atoms with Crippen LogP contribution < -0.4 is 5.73 Å². The van der Waals surface area contributed by atoms with Crippen LogP contribution in [0.5, 0.6) is 0 Å². The SMILES string of the molecule is CC(C)C(OC(N)C1CC1)C(C)C. The Morgan fingerprint density at radius 2 is 1.54 bits per heavy atom. The van der Waals surface area contributed by atoms with Gasteiger partial charge in [0.25, 0.3) is 0 Å². The topological polar surface area (TPSA) is 35.2 Å². The molecule has 1 aliphatic rings. The molecule has 78 valence electrons. The molecule has 1 fully saturated rings. The van der Waals surface area contributed by atoms with Crippen molar-refractivity contribution in [2.45, 2.75) is 52.9 Å². The van der Waals surface area contributed by atoms with Crippen molar-refractivity contribution in [2.24, 2.45) is 23.5 Å². The highest BCUT2D eigenvalue weighted by atomic mass is 16.5. The van der Waals surface area contributed by atoms with Crippen LogP contribution in [0.1, 0.15) is 40.5 Å². The number of ether oxygens (including phenoxy) is 1. The van der Waals surface area contributed by atoms with Crippen molar-refractivity contribution in [3.05, 3.63) is 0 Å². The lowest BCUT2D eigenvalue weighted by atomic mass is 9.96. The summed E-state index contributed by atoms with van der Waals surface area (Å²) in [5.41, 5.74) is 5.93. The molecule has 2 nitrogen and oxygen atoms in total. The molecule has 1 saturated carbocycles. The third-order valence-electron chi connectivity index (χ3n) is 2.72. The zero-order valence-corrected chi connectivity index (χ0v) is 9.29.